The lowest BCUT2D eigenvalue weighted by atomic mass is 9.79. The summed E-state index contributed by atoms with van der Waals surface area (Å²) < 4.78 is 38.1. The predicted octanol–water partition coefficient (Wildman–Crippen LogP) is 1.38. The third-order valence-electron chi connectivity index (χ3n) is 4.86. The summed E-state index contributed by atoms with van der Waals surface area (Å²) in [5, 5.41) is 0. The van der Waals surface area contributed by atoms with E-state index in [1.807, 2.05) is 27.7 Å². The van der Waals surface area contributed by atoms with Crippen LogP contribution in [0.25, 0.3) is 0 Å². The molecule has 0 aromatic heterocycles. The molecule has 0 atom stereocenters. The van der Waals surface area contributed by atoms with Gasteiger partial charge in [-0.3, -0.25) is 0 Å². The van der Waals surface area contributed by atoms with E-state index in [0.29, 0.717) is 18.0 Å². The van der Waals surface area contributed by atoms with E-state index in [0.717, 1.165) is 11.9 Å². The Hall–Kier alpha value is -0.885. The van der Waals surface area contributed by atoms with Crippen molar-refractivity contribution in [1.29, 1.82) is 0 Å². The largest absolute Gasteiger partial charge is 0.494 e. The molecule has 0 saturated carbocycles. The molecule has 0 radical (unpaired) electrons. The van der Waals surface area contributed by atoms with Crippen LogP contribution in [0.15, 0.2) is 29.2 Å². The Morgan fingerprint density at radius 1 is 1.00 bits per heavy atom. The normalized spacial score (nSPS) is 24.3. The van der Waals surface area contributed by atoms with E-state index in [2.05, 4.69) is 0 Å². The van der Waals surface area contributed by atoms with Crippen molar-refractivity contribution >= 4 is 22.6 Å². The van der Waals surface area contributed by atoms with Crippen molar-refractivity contribution < 1.29 is 17.7 Å². The SMILES string of the molecule is CC1(C)OB(c2ccc(S(=O)(=O)N3CCC3)cc2)OC1(C)C. The quantitative estimate of drug-likeness (QED) is 0.789. The first-order valence-electron chi connectivity index (χ1n) is 7.59. The highest BCUT2D eigenvalue weighted by molar-refractivity contribution is 7.89. The average molecular weight is 323 g/mol. The molecule has 0 unspecified atom stereocenters. The lowest BCUT2D eigenvalue weighted by Crippen LogP contribution is -2.42. The van der Waals surface area contributed by atoms with E-state index in [9.17, 15) is 8.42 Å². The molecule has 2 aliphatic heterocycles. The molecule has 3 rings (SSSR count). The molecule has 2 heterocycles. The van der Waals surface area contributed by atoms with Gasteiger partial charge in [-0.15, -0.1) is 0 Å². The minimum absolute atomic E-state index is 0.326. The number of nitrogens with zero attached hydrogens (tertiary/aromatic N) is 1. The molecule has 0 bridgehead atoms. The van der Waals surface area contributed by atoms with E-state index in [1.165, 1.54) is 4.31 Å². The van der Waals surface area contributed by atoms with Crippen LogP contribution < -0.4 is 5.46 Å². The van der Waals surface area contributed by atoms with Gasteiger partial charge in [-0.25, -0.2) is 8.42 Å². The summed E-state index contributed by atoms with van der Waals surface area (Å²) in [6.07, 6.45) is 0.936. The summed E-state index contributed by atoms with van der Waals surface area (Å²) in [6.45, 7) is 9.21. The van der Waals surface area contributed by atoms with Crippen LogP contribution in [0.3, 0.4) is 0 Å². The molecule has 0 N–H and O–H groups in total. The topological polar surface area (TPSA) is 55.8 Å². The van der Waals surface area contributed by atoms with Crippen molar-refractivity contribution in [2.24, 2.45) is 0 Å². The van der Waals surface area contributed by atoms with Crippen LogP contribution >= 0.6 is 0 Å². The maximum atomic E-state index is 12.3. The van der Waals surface area contributed by atoms with Gasteiger partial charge in [0.2, 0.25) is 10.0 Å². The Morgan fingerprint density at radius 2 is 1.50 bits per heavy atom. The number of hydrogen-bond donors (Lipinski definition) is 0. The fourth-order valence-corrected chi connectivity index (χ4v) is 3.97. The molecule has 2 saturated heterocycles. The summed E-state index contributed by atoms with van der Waals surface area (Å²) in [4.78, 5) is 0.326. The van der Waals surface area contributed by atoms with Crippen molar-refractivity contribution in [3.8, 4) is 0 Å². The molecule has 1 aromatic carbocycles. The molecule has 1 aromatic rings. The fourth-order valence-electron chi connectivity index (χ4n) is 2.45. The average Bonchev–Trinajstić information content (AvgIpc) is 2.56. The van der Waals surface area contributed by atoms with Gasteiger partial charge in [0.15, 0.2) is 0 Å². The first-order chi connectivity index (χ1) is 10.1. The van der Waals surface area contributed by atoms with Gasteiger partial charge in [-0.05, 0) is 51.7 Å². The summed E-state index contributed by atoms with van der Waals surface area (Å²) >= 11 is 0. The molecule has 120 valence electrons. The van der Waals surface area contributed by atoms with Crippen molar-refractivity contribution in [1.82, 2.24) is 4.31 Å². The van der Waals surface area contributed by atoms with Crippen molar-refractivity contribution in [3.63, 3.8) is 0 Å². The smallest absolute Gasteiger partial charge is 0.399 e. The molecular formula is C15H22BNO4S. The zero-order valence-corrected chi connectivity index (χ0v) is 14.3. The first kappa shape index (κ1) is 16.0. The summed E-state index contributed by atoms with van der Waals surface area (Å²) in [7, 11) is -3.80. The van der Waals surface area contributed by atoms with Gasteiger partial charge < -0.3 is 9.31 Å². The molecule has 0 aliphatic carbocycles. The van der Waals surface area contributed by atoms with Crippen LogP contribution in [0.4, 0.5) is 0 Å². The molecule has 2 aliphatic rings. The van der Waals surface area contributed by atoms with E-state index in [4.69, 9.17) is 9.31 Å². The Morgan fingerprint density at radius 3 is 1.91 bits per heavy atom. The van der Waals surface area contributed by atoms with Crippen LogP contribution in [0.1, 0.15) is 34.1 Å². The summed E-state index contributed by atoms with van der Waals surface area (Å²) in [5.74, 6) is 0. The highest BCUT2D eigenvalue weighted by atomic mass is 32.2. The fraction of sp³-hybridized carbons (Fsp3) is 0.600. The maximum Gasteiger partial charge on any atom is 0.494 e. The minimum Gasteiger partial charge on any atom is -0.399 e. The van der Waals surface area contributed by atoms with Gasteiger partial charge in [-0.1, -0.05) is 12.1 Å². The highest BCUT2D eigenvalue weighted by Crippen LogP contribution is 2.36. The molecule has 0 amide bonds. The van der Waals surface area contributed by atoms with Crippen LogP contribution in [0, 0.1) is 0 Å². The molecule has 0 spiro atoms. The van der Waals surface area contributed by atoms with Crippen molar-refractivity contribution in [2.45, 2.75) is 50.2 Å². The predicted molar refractivity (Wildman–Crippen MR) is 85.5 cm³/mol. The lowest BCUT2D eigenvalue weighted by Gasteiger charge is -2.32. The molecule has 22 heavy (non-hydrogen) atoms. The zero-order chi connectivity index (χ0) is 16.2. The second-order valence-electron chi connectivity index (χ2n) is 6.91. The van der Waals surface area contributed by atoms with Crippen LogP contribution in [0.2, 0.25) is 0 Å². The number of hydrogen-bond acceptors (Lipinski definition) is 4. The van der Waals surface area contributed by atoms with Gasteiger partial charge in [0.05, 0.1) is 16.1 Å². The van der Waals surface area contributed by atoms with E-state index in [1.54, 1.807) is 24.3 Å². The van der Waals surface area contributed by atoms with Crippen molar-refractivity contribution in [2.75, 3.05) is 13.1 Å². The summed E-state index contributed by atoms with van der Waals surface area (Å²) in [6, 6.07) is 6.81. The molecule has 2 fully saturated rings. The number of benzene rings is 1. The Balaban J connectivity index is 1.81. The van der Waals surface area contributed by atoms with Gasteiger partial charge in [0.1, 0.15) is 0 Å². The van der Waals surface area contributed by atoms with Crippen LogP contribution in [0.5, 0.6) is 0 Å². The van der Waals surface area contributed by atoms with E-state index in [-0.39, 0.29) is 0 Å². The highest BCUT2D eigenvalue weighted by Gasteiger charge is 2.51. The van der Waals surface area contributed by atoms with Crippen LogP contribution in [-0.2, 0) is 19.3 Å². The maximum absolute atomic E-state index is 12.3. The van der Waals surface area contributed by atoms with Gasteiger partial charge >= 0.3 is 7.12 Å². The number of rotatable bonds is 3. The Labute approximate surface area is 132 Å². The molecule has 5 nitrogen and oxygen atoms in total. The Bertz CT molecular complexity index is 649. The monoisotopic (exact) mass is 323 g/mol. The first-order valence-corrected chi connectivity index (χ1v) is 9.03. The summed E-state index contributed by atoms with van der Waals surface area (Å²) in [5.41, 5.74) is 0.0290. The number of sulfonamides is 1. The standard InChI is InChI=1S/C15H22BNO4S/c1-14(2)15(3,4)21-16(20-14)12-6-8-13(9-7-12)22(18,19)17-10-5-11-17/h6-9H,5,10-11H2,1-4H3. The van der Waals surface area contributed by atoms with E-state index >= 15 is 0 Å². The van der Waals surface area contributed by atoms with Crippen molar-refractivity contribution in [3.05, 3.63) is 24.3 Å². The Kier molecular flexibility index (Phi) is 3.68. The van der Waals surface area contributed by atoms with Gasteiger partial charge in [0.25, 0.3) is 0 Å². The lowest BCUT2D eigenvalue weighted by molar-refractivity contribution is 0.00578. The minimum atomic E-state index is -3.34. The molecule has 7 heteroatoms. The third-order valence-corrected chi connectivity index (χ3v) is 6.77. The molecular weight excluding hydrogens is 301 g/mol. The third kappa shape index (κ3) is 2.50. The zero-order valence-electron chi connectivity index (χ0n) is 13.5. The van der Waals surface area contributed by atoms with Gasteiger partial charge in [0, 0.05) is 13.1 Å². The van der Waals surface area contributed by atoms with E-state index < -0.39 is 28.3 Å². The second-order valence-corrected chi connectivity index (χ2v) is 8.85. The van der Waals surface area contributed by atoms with Gasteiger partial charge in [-0.2, -0.15) is 4.31 Å². The van der Waals surface area contributed by atoms with Crippen LogP contribution in [-0.4, -0.2) is 44.1 Å². The second kappa shape index (κ2) is 5.06.